The Labute approximate surface area is 115 Å². The summed E-state index contributed by atoms with van der Waals surface area (Å²) in [6.07, 6.45) is 9.96. The maximum atomic E-state index is 4.60. The summed E-state index contributed by atoms with van der Waals surface area (Å²) in [5.41, 5.74) is 2.77. The molecule has 2 nitrogen and oxygen atoms in total. The van der Waals surface area contributed by atoms with E-state index in [1.807, 2.05) is 0 Å². The lowest BCUT2D eigenvalue weighted by molar-refractivity contribution is 0.525. The molecule has 1 N–H and O–H groups in total. The van der Waals surface area contributed by atoms with Crippen LogP contribution >= 0.6 is 11.3 Å². The molecule has 1 aliphatic carbocycles. The standard InChI is InChI=1S/C15H24N2S/c1-3-9-16-14(13-7-5-4-6-8-13)10-15-17-12(2)11-18-15/h7,11,14,16H,3-6,8-10H2,1-2H3. The minimum atomic E-state index is 0.510. The Hall–Kier alpha value is -0.670. The van der Waals surface area contributed by atoms with Crippen molar-refractivity contribution in [3.8, 4) is 0 Å². The molecule has 0 aliphatic heterocycles. The topological polar surface area (TPSA) is 24.9 Å². The fraction of sp³-hybridized carbons (Fsp3) is 0.667. The van der Waals surface area contributed by atoms with Gasteiger partial charge in [0, 0.05) is 23.5 Å². The number of hydrogen-bond donors (Lipinski definition) is 1. The lowest BCUT2D eigenvalue weighted by Crippen LogP contribution is -2.34. The predicted octanol–water partition coefficient (Wildman–Crippen LogP) is 3.86. The zero-order valence-corrected chi connectivity index (χ0v) is 12.4. The first-order chi connectivity index (χ1) is 8.79. The van der Waals surface area contributed by atoms with Crippen LogP contribution in [0.2, 0.25) is 0 Å². The summed E-state index contributed by atoms with van der Waals surface area (Å²) in [5.74, 6) is 0. The van der Waals surface area contributed by atoms with Crippen LogP contribution in [0.4, 0.5) is 0 Å². The molecule has 1 aromatic heterocycles. The molecule has 0 fully saturated rings. The maximum Gasteiger partial charge on any atom is 0.0946 e. The molecular formula is C15H24N2S. The number of rotatable bonds is 6. The maximum absolute atomic E-state index is 4.60. The molecule has 1 heterocycles. The van der Waals surface area contributed by atoms with E-state index in [1.165, 1.54) is 37.1 Å². The van der Waals surface area contributed by atoms with E-state index in [9.17, 15) is 0 Å². The van der Waals surface area contributed by atoms with E-state index in [-0.39, 0.29) is 0 Å². The number of thiazole rings is 1. The van der Waals surface area contributed by atoms with Crippen LogP contribution in [0.5, 0.6) is 0 Å². The lowest BCUT2D eigenvalue weighted by Gasteiger charge is -2.23. The van der Waals surface area contributed by atoms with Gasteiger partial charge in [0.05, 0.1) is 5.01 Å². The molecule has 0 amide bonds. The summed E-state index contributed by atoms with van der Waals surface area (Å²) < 4.78 is 0. The minimum absolute atomic E-state index is 0.510. The summed E-state index contributed by atoms with van der Waals surface area (Å²) in [7, 11) is 0. The van der Waals surface area contributed by atoms with Crippen LogP contribution in [-0.4, -0.2) is 17.6 Å². The third-order valence-electron chi connectivity index (χ3n) is 3.46. The van der Waals surface area contributed by atoms with E-state index in [2.05, 4.69) is 35.6 Å². The van der Waals surface area contributed by atoms with E-state index < -0.39 is 0 Å². The highest BCUT2D eigenvalue weighted by Gasteiger charge is 2.17. The van der Waals surface area contributed by atoms with Crippen LogP contribution in [0.1, 0.15) is 49.7 Å². The molecule has 0 radical (unpaired) electrons. The molecule has 100 valence electrons. The number of aryl methyl sites for hydroxylation is 1. The summed E-state index contributed by atoms with van der Waals surface area (Å²) in [4.78, 5) is 4.60. The van der Waals surface area contributed by atoms with Crippen LogP contribution < -0.4 is 5.32 Å². The average molecular weight is 264 g/mol. The summed E-state index contributed by atoms with van der Waals surface area (Å²) in [5, 5.41) is 7.12. The van der Waals surface area contributed by atoms with Gasteiger partial charge in [-0.3, -0.25) is 0 Å². The summed E-state index contributed by atoms with van der Waals surface area (Å²) in [6, 6.07) is 0.510. The quantitative estimate of drug-likeness (QED) is 0.789. The second-order valence-electron chi connectivity index (χ2n) is 5.12. The minimum Gasteiger partial charge on any atom is -0.310 e. The van der Waals surface area contributed by atoms with Crippen molar-refractivity contribution >= 4 is 11.3 Å². The lowest BCUT2D eigenvalue weighted by atomic mass is 9.92. The van der Waals surface area contributed by atoms with Crippen LogP contribution in [0.25, 0.3) is 0 Å². The molecular weight excluding hydrogens is 240 g/mol. The molecule has 1 unspecified atom stereocenters. The van der Waals surface area contributed by atoms with Gasteiger partial charge in [-0.15, -0.1) is 11.3 Å². The smallest absolute Gasteiger partial charge is 0.0946 e. The second kappa shape index (κ2) is 7.05. The zero-order valence-electron chi connectivity index (χ0n) is 11.5. The van der Waals surface area contributed by atoms with E-state index in [1.54, 1.807) is 16.9 Å². The largest absolute Gasteiger partial charge is 0.310 e. The van der Waals surface area contributed by atoms with Crippen LogP contribution in [0, 0.1) is 6.92 Å². The van der Waals surface area contributed by atoms with Gasteiger partial charge in [-0.25, -0.2) is 4.98 Å². The van der Waals surface area contributed by atoms with Gasteiger partial charge in [0.2, 0.25) is 0 Å². The second-order valence-corrected chi connectivity index (χ2v) is 6.06. The number of hydrogen-bond acceptors (Lipinski definition) is 3. The van der Waals surface area contributed by atoms with Crippen molar-refractivity contribution in [2.45, 2.75) is 58.4 Å². The average Bonchev–Trinajstić information content (AvgIpc) is 2.81. The highest BCUT2D eigenvalue weighted by atomic mass is 32.1. The number of allylic oxidation sites excluding steroid dienone is 1. The van der Waals surface area contributed by atoms with Gasteiger partial charge in [0.25, 0.3) is 0 Å². The Bertz CT molecular complexity index is 395. The SMILES string of the molecule is CCCNC(Cc1nc(C)cs1)C1=CCCCC1. The highest BCUT2D eigenvalue weighted by Crippen LogP contribution is 2.23. The van der Waals surface area contributed by atoms with Crippen molar-refractivity contribution < 1.29 is 0 Å². The van der Waals surface area contributed by atoms with Crippen LogP contribution in [0.3, 0.4) is 0 Å². The summed E-state index contributed by atoms with van der Waals surface area (Å²) >= 11 is 1.80. The molecule has 18 heavy (non-hydrogen) atoms. The first-order valence-electron chi connectivity index (χ1n) is 7.13. The molecule has 2 rings (SSSR count). The van der Waals surface area contributed by atoms with Crippen molar-refractivity contribution in [3.05, 3.63) is 27.7 Å². The van der Waals surface area contributed by atoms with Crippen LogP contribution in [-0.2, 0) is 6.42 Å². The van der Waals surface area contributed by atoms with E-state index in [0.29, 0.717) is 6.04 Å². The van der Waals surface area contributed by atoms with Gasteiger partial charge < -0.3 is 5.32 Å². The van der Waals surface area contributed by atoms with Gasteiger partial charge in [-0.1, -0.05) is 18.6 Å². The molecule has 1 aliphatic rings. The van der Waals surface area contributed by atoms with Crippen molar-refractivity contribution in [2.24, 2.45) is 0 Å². The fourth-order valence-corrected chi connectivity index (χ4v) is 3.32. The first-order valence-corrected chi connectivity index (χ1v) is 8.01. The van der Waals surface area contributed by atoms with Gasteiger partial charge in [0.15, 0.2) is 0 Å². The van der Waals surface area contributed by atoms with Gasteiger partial charge in [-0.05, 0) is 45.6 Å². The normalized spacial score (nSPS) is 17.6. The molecule has 0 saturated heterocycles. The van der Waals surface area contributed by atoms with Crippen molar-refractivity contribution in [3.63, 3.8) is 0 Å². The molecule has 1 atom stereocenters. The van der Waals surface area contributed by atoms with Gasteiger partial charge in [0.1, 0.15) is 0 Å². The Morgan fingerprint density at radius 3 is 2.94 bits per heavy atom. The zero-order chi connectivity index (χ0) is 12.8. The van der Waals surface area contributed by atoms with E-state index >= 15 is 0 Å². The Morgan fingerprint density at radius 2 is 2.33 bits per heavy atom. The molecule has 0 aromatic carbocycles. The summed E-state index contributed by atoms with van der Waals surface area (Å²) in [6.45, 7) is 5.41. The van der Waals surface area contributed by atoms with Crippen molar-refractivity contribution in [2.75, 3.05) is 6.54 Å². The van der Waals surface area contributed by atoms with E-state index in [4.69, 9.17) is 0 Å². The molecule has 1 aromatic rings. The number of nitrogens with one attached hydrogen (secondary N) is 1. The van der Waals surface area contributed by atoms with Gasteiger partial charge >= 0.3 is 0 Å². The predicted molar refractivity (Wildman–Crippen MR) is 79.2 cm³/mol. The molecule has 3 heteroatoms. The Balaban J connectivity index is 2.02. The van der Waals surface area contributed by atoms with Crippen molar-refractivity contribution in [1.82, 2.24) is 10.3 Å². The van der Waals surface area contributed by atoms with Crippen molar-refractivity contribution in [1.29, 1.82) is 0 Å². The Kier molecular flexibility index (Phi) is 5.39. The van der Waals surface area contributed by atoms with Gasteiger partial charge in [-0.2, -0.15) is 0 Å². The third-order valence-corrected chi connectivity index (χ3v) is 4.45. The first kappa shape index (κ1) is 13.8. The van der Waals surface area contributed by atoms with Crippen LogP contribution in [0.15, 0.2) is 17.0 Å². The molecule has 0 saturated carbocycles. The number of aromatic nitrogens is 1. The number of nitrogens with zero attached hydrogens (tertiary/aromatic N) is 1. The Morgan fingerprint density at radius 1 is 1.44 bits per heavy atom. The van der Waals surface area contributed by atoms with E-state index in [0.717, 1.165) is 18.7 Å². The molecule has 0 spiro atoms. The monoisotopic (exact) mass is 264 g/mol. The highest BCUT2D eigenvalue weighted by molar-refractivity contribution is 7.09. The third kappa shape index (κ3) is 3.92. The fourth-order valence-electron chi connectivity index (χ4n) is 2.50. The molecule has 0 bridgehead atoms.